The second-order valence-corrected chi connectivity index (χ2v) is 9.53. The van der Waals surface area contributed by atoms with Crippen molar-refractivity contribution in [3.05, 3.63) is 89.5 Å². The number of likely N-dealkylation sites (tertiary alicyclic amines) is 1. The van der Waals surface area contributed by atoms with E-state index >= 15 is 0 Å². The Labute approximate surface area is 206 Å². The summed E-state index contributed by atoms with van der Waals surface area (Å²) in [7, 11) is 3.42. The van der Waals surface area contributed by atoms with Crippen molar-refractivity contribution in [1.29, 1.82) is 0 Å². The molecular weight excluding hydrogens is 438 g/mol. The molecule has 0 radical (unpaired) electrons. The molecule has 35 heavy (non-hydrogen) atoms. The first-order chi connectivity index (χ1) is 17.2. The molecule has 6 rings (SSSR count). The summed E-state index contributed by atoms with van der Waals surface area (Å²) in [5, 5.41) is 7.46. The molecular formula is C29H31N3O3. The molecule has 1 fully saturated rings. The molecule has 6 heteroatoms. The second-order valence-electron chi connectivity index (χ2n) is 9.53. The highest BCUT2D eigenvalue weighted by Crippen LogP contribution is 2.52. The largest absolute Gasteiger partial charge is 0.497 e. The van der Waals surface area contributed by atoms with Crippen molar-refractivity contribution in [2.75, 3.05) is 27.3 Å². The van der Waals surface area contributed by atoms with Crippen LogP contribution in [-0.4, -0.2) is 48.7 Å². The lowest BCUT2D eigenvalue weighted by molar-refractivity contribution is -0.151. The fraction of sp³-hybridized carbons (Fsp3) is 0.345. The monoisotopic (exact) mass is 469 g/mol. The smallest absolute Gasteiger partial charge is 0.200 e. The van der Waals surface area contributed by atoms with Crippen molar-refractivity contribution in [2.45, 2.75) is 37.6 Å². The molecule has 0 aromatic heterocycles. The molecule has 0 unspecified atom stereocenters. The van der Waals surface area contributed by atoms with Gasteiger partial charge in [-0.15, -0.1) is 0 Å². The van der Waals surface area contributed by atoms with Crippen LogP contribution in [0.15, 0.2) is 77.9 Å². The maximum atomic E-state index is 6.87. The maximum Gasteiger partial charge on any atom is 0.200 e. The zero-order valence-corrected chi connectivity index (χ0v) is 20.3. The Kier molecular flexibility index (Phi) is 5.61. The molecule has 6 nitrogen and oxygen atoms in total. The van der Waals surface area contributed by atoms with Gasteiger partial charge in [0.2, 0.25) is 5.72 Å². The number of nitrogens with zero attached hydrogens (tertiary/aromatic N) is 3. The van der Waals surface area contributed by atoms with E-state index in [-0.39, 0.29) is 6.04 Å². The van der Waals surface area contributed by atoms with E-state index in [9.17, 15) is 0 Å². The van der Waals surface area contributed by atoms with Crippen LogP contribution in [0.1, 0.15) is 42.0 Å². The molecule has 1 spiro atoms. The minimum Gasteiger partial charge on any atom is -0.497 e. The highest BCUT2D eigenvalue weighted by atomic mass is 16.5. The van der Waals surface area contributed by atoms with E-state index in [4.69, 9.17) is 19.3 Å². The standard InChI is InChI=1S/C29H31N3O3/c1-33-23-11-6-10-22(18-23)25-19-26-24-12-7-13-27(34-2)28(24)35-29(32(26)30-25)14-16-31(17-15-29)20-21-8-4-3-5-9-21/h3-13,18,26H,14-17,19-20H2,1-2H3/t26-/m1/s1. The van der Waals surface area contributed by atoms with Gasteiger partial charge in [0.05, 0.1) is 26.0 Å². The Bertz CT molecular complexity index is 1230. The van der Waals surface area contributed by atoms with Crippen LogP contribution in [0, 0.1) is 0 Å². The van der Waals surface area contributed by atoms with Crippen LogP contribution in [-0.2, 0) is 6.54 Å². The number of benzene rings is 3. The molecule has 3 aromatic carbocycles. The van der Waals surface area contributed by atoms with Crippen molar-refractivity contribution < 1.29 is 14.2 Å². The lowest BCUT2D eigenvalue weighted by Gasteiger charge is -2.51. The second kappa shape index (κ2) is 8.93. The molecule has 3 heterocycles. The molecule has 0 bridgehead atoms. The normalized spacial score (nSPS) is 20.6. The number of fused-ring (bicyclic) bond motifs is 4. The summed E-state index contributed by atoms with van der Waals surface area (Å²) in [6.45, 7) is 2.86. The van der Waals surface area contributed by atoms with E-state index in [1.165, 1.54) is 5.56 Å². The highest BCUT2D eigenvalue weighted by Gasteiger charge is 2.52. The predicted octanol–water partition coefficient (Wildman–Crippen LogP) is 5.24. The van der Waals surface area contributed by atoms with Crippen molar-refractivity contribution in [3.63, 3.8) is 0 Å². The van der Waals surface area contributed by atoms with Crippen LogP contribution in [0.2, 0.25) is 0 Å². The van der Waals surface area contributed by atoms with Crippen LogP contribution in [0.4, 0.5) is 0 Å². The predicted molar refractivity (Wildman–Crippen MR) is 136 cm³/mol. The van der Waals surface area contributed by atoms with Gasteiger partial charge in [-0.25, -0.2) is 5.01 Å². The summed E-state index contributed by atoms with van der Waals surface area (Å²) in [4.78, 5) is 2.51. The van der Waals surface area contributed by atoms with Crippen molar-refractivity contribution in [1.82, 2.24) is 9.91 Å². The highest BCUT2D eigenvalue weighted by molar-refractivity contribution is 6.02. The lowest BCUT2D eigenvalue weighted by atomic mass is 9.90. The van der Waals surface area contributed by atoms with Crippen molar-refractivity contribution in [3.8, 4) is 17.2 Å². The van der Waals surface area contributed by atoms with Gasteiger partial charge in [0.25, 0.3) is 0 Å². The number of ether oxygens (including phenoxy) is 3. The molecule has 3 aliphatic rings. The summed E-state index contributed by atoms with van der Waals surface area (Å²) < 4.78 is 18.1. The molecule has 1 saturated heterocycles. The first kappa shape index (κ1) is 22.0. The average Bonchev–Trinajstić information content (AvgIpc) is 3.38. The summed E-state index contributed by atoms with van der Waals surface area (Å²) >= 11 is 0. The van der Waals surface area contributed by atoms with Crippen LogP contribution in [0.5, 0.6) is 17.2 Å². The number of para-hydroxylation sites is 1. The molecule has 180 valence electrons. The number of hydrogen-bond donors (Lipinski definition) is 0. The number of hydrazone groups is 1. The van der Waals surface area contributed by atoms with Gasteiger partial charge in [0, 0.05) is 50.0 Å². The van der Waals surface area contributed by atoms with Crippen LogP contribution in [0.25, 0.3) is 0 Å². The third kappa shape index (κ3) is 3.92. The van der Waals surface area contributed by atoms with E-state index in [1.807, 2.05) is 24.3 Å². The van der Waals surface area contributed by atoms with Gasteiger partial charge in [0.1, 0.15) is 5.75 Å². The summed E-state index contributed by atoms with van der Waals surface area (Å²) in [5.74, 6) is 2.51. The lowest BCUT2D eigenvalue weighted by Crippen LogP contribution is -2.59. The topological polar surface area (TPSA) is 46.5 Å². The van der Waals surface area contributed by atoms with Gasteiger partial charge in [-0.2, -0.15) is 5.10 Å². The van der Waals surface area contributed by atoms with Crippen LogP contribution in [0.3, 0.4) is 0 Å². The Morgan fingerprint density at radius 3 is 2.51 bits per heavy atom. The zero-order chi connectivity index (χ0) is 23.8. The first-order valence-corrected chi connectivity index (χ1v) is 12.3. The summed E-state index contributed by atoms with van der Waals surface area (Å²) in [5.41, 5.74) is 4.17. The third-order valence-electron chi connectivity index (χ3n) is 7.50. The van der Waals surface area contributed by atoms with Gasteiger partial charge < -0.3 is 14.2 Å². The molecule has 0 aliphatic carbocycles. The SMILES string of the molecule is COc1cccc(C2=NN3[C@H](C2)c2cccc(OC)c2OC32CCN(Cc3ccccc3)CC2)c1. The average molecular weight is 470 g/mol. The van der Waals surface area contributed by atoms with Gasteiger partial charge >= 0.3 is 0 Å². The maximum absolute atomic E-state index is 6.87. The number of rotatable bonds is 5. The fourth-order valence-electron chi connectivity index (χ4n) is 5.64. The van der Waals surface area contributed by atoms with Gasteiger partial charge in [0.15, 0.2) is 11.5 Å². The van der Waals surface area contributed by atoms with Crippen LogP contribution >= 0.6 is 0 Å². The van der Waals surface area contributed by atoms with E-state index in [0.717, 1.165) is 73.0 Å². The Hall–Kier alpha value is -3.51. The summed E-state index contributed by atoms with van der Waals surface area (Å²) in [6.07, 6.45) is 2.58. The minimum atomic E-state index is -0.486. The van der Waals surface area contributed by atoms with Gasteiger partial charge in [-0.1, -0.05) is 54.6 Å². The number of methoxy groups -OCH3 is 2. The Balaban J connectivity index is 1.33. The van der Waals surface area contributed by atoms with Crippen molar-refractivity contribution in [2.24, 2.45) is 5.10 Å². The van der Waals surface area contributed by atoms with E-state index < -0.39 is 5.72 Å². The number of piperidine rings is 1. The number of hydrogen-bond acceptors (Lipinski definition) is 6. The molecule has 1 atom stereocenters. The van der Waals surface area contributed by atoms with Crippen molar-refractivity contribution >= 4 is 5.71 Å². The van der Waals surface area contributed by atoms with Gasteiger partial charge in [-0.3, -0.25) is 4.90 Å². The molecule has 0 N–H and O–H groups in total. The Morgan fingerprint density at radius 2 is 1.74 bits per heavy atom. The van der Waals surface area contributed by atoms with E-state index in [2.05, 4.69) is 58.4 Å². The Morgan fingerprint density at radius 1 is 0.943 bits per heavy atom. The van der Waals surface area contributed by atoms with E-state index in [1.54, 1.807) is 14.2 Å². The molecule has 3 aliphatic heterocycles. The van der Waals surface area contributed by atoms with E-state index in [0.29, 0.717) is 0 Å². The molecule has 0 saturated carbocycles. The fourth-order valence-corrected chi connectivity index (χ4v) is 5.64. The zero-order valence-electron chi connectivity index (χ0n) is 20.3. The third-order valence-corrected chi connectivity index (χ3v) is 7.50. The van der Waals surface area contributed by atoms with Gasteiger partial charge in [-0.05, 0) is 23.8 Å². The molecule has 0 amide bonds. The first-order valence-electron chi connectivity index (χ1n) is 12.3. The van der Waals surface area contributed by atoms with Crippen LogP contribution < -0.4 is 14.2 Å². The molecule has 3 aromatic rings. The minimum absolute atomic E-state index is 0.121. The quantitative estimate of drug-likeness (QED) is 0.511. The summed E-state index contributed by atoms with van der Waals surface area (Å²) in [6, 6.07) is 25.2.